The zero-order chi connectivity index (χ0) is 13.7. The molecule has 1 heterocycles. The molecule has 3 nitrogen and oxygen atoms in total. The molecule has 0 aliphatic rings. The molecule has 0 N–H and O–H groups in total. The third-order valence-electron chi connectivity index (χ3n) is 2.98. The number of pyridine rings is 1. The van der Waals surface area contributed by atoms with E-state index in [1.165, 1.54) is 6.92 Å². The molecule has 1 aromatic carbocycles. The maximum absolute atomic E-state index is 12.0. The van der Waals surface area contributed by atoms with Gasteiger partial charge in [0.15, 0.2) is 18.5 Å². The van der Waals surface area contributed by atoms with Gasteiger partial charge in [-0.05, 0) is 6.07 Å². The van der Waals surface area contributed by atoms with Gasteiger partial charge >= 0.3 is 0 Å². The van der Waals surface area contributed by atoms with E-state index in [0.29, 0.717) is 24.2 Å². The van der Waals surface area contributed by atoms with Gasteiger partial charge in [-0.25, -0.2) is 0 Å². The number of Topliss-reactive ketones (excluding diaryl/α,β-unsaturated/α-hetero) is 2. The molecule has 0 unspecified atom stereocenters. The number of aromatic nitrogens is 1. The van der Waals surface area contributed by atoms with Crippen LogP contribution in [0.5, 0.6) is 0 Å². The predicted octanol–water partition coefficient (Wildman–Crippen LogP) is -0.546. The molecule has 2 rings (SSSR count). The molecule has 0 saturated heterocycles. The molecule has 0 atom stereocenters. The number of carbonyl (C=O) groups is 2. The highest BCUT2D eigenvalue weighted by Gasteiger charge is 2.15. The first kappa shape index (κ1) is 16.2. The maximum Gasteiger partial charge on any atom is 0.248 e. The Bertz CT molecular complexity index is 596. The van der Waals surface area contributed by atoms with Gasteiger partial charge in [0.2, 0.25) is 11.5 Å². The van der Waals surface area contributed by atoms with E-state index in [-0.39, 0.29) is 28.5 Å². The van der Waals surface area contributed by atoms with Crippen LogP contribution in [0.2, 0.25) is 0 Å². The topological polar surface area (TPSA) is 38.0 Å². The molecule has 0 spiro atoms. The van der Waals surface area contributed by atoms with Crippen LogP contribution in [0.4, 0.5) is 0 Å². The quantitative estimate of drug-likeness (QED) is 0.544. The minimum atomic E-state index is 0. The minimum absolute atomic E-state index is 0. The lowest BCUT2D eigenvalue weighted by molar-refractivity contribution is -0.697. The number of nitrogens with zero attached hydrogens (tertiary/aromatic N) is 1. The van der Waals surface area contributed by atoms with Gasteiger partial charge in [0.1, 0.15) is 0 Å². The van der Waals surface area contributed by atoms with E-state index in [9.17, 15) is 9.59 Å². The summed E-state index contributed by atoms with van der Waals surface area (Å²) in [5.74, 6) is 0.0965. The largest absolute Gasteiger partial charge is 1.00 e. The standard InChI is InChI=1S/C16H16NO2.BrH/c1-13(18)15-9-5-6-11-17(15)12-10-16(19)14-7-3-2-4-8-14;/h2-9,11H,10,12H2,1H3;1H/q+1;/p-1. The van der Waals surface area contributed by atoms with Crippen molar-refractivity contribution < 1.29 is 31.1 Å². The minimum Gasteiger partial charge on any atom is -1.00 e. The summed E-state index contributed by atoms with van der Waals surface area (Å²) >= 11 is 0. The molecule has 20 heavy (non-hydrogen) atoms. The Kier molecular flexibility index (Phi) is 6.25. The van der Waals surface area contributed by atoms with Crippen molar-refractivity contribution in [2.45, 2.75) is 19.9 Å². The maximum atomic E-state index is 12.0. The van der Waals surface area contributed by atoms with Crippen molar-refractivity contribution in [1.29, 1.82) is 0 Å². The third kappa shape index (κ3) is 4.10. The van der Waals surface area contributed by atoms with Crippen LogP contribution >= 0.6 is 0 Å². The third-order valence-corrected chi connectivity index (χ3v) is 2.98. The summed E-state index contributed by atoms with van der Waals surface area (Å²) in [7, 11) is 0. The van der Waals surface area contributed by atoms with E-state index < -0.39 is 0 Å². The fourth-order valence-electron chi connectivity index (χ4n) is 1.98. The second-order valence-electron chi connectivity index (χ2n) is 4.37. The highest BCUT2D eigenvalue weighted by Crippen LogP contribution is 2.03. The Labute approximate surface area is 129 Å². The zero-order valence-corrected chi connectivity index (χ0v) is 12.8. The van der Waals surface area contributed by atoms with Crippen molar-refractivity contribution in [1.82, 2.24) is 0 Å². The number of halogens is 1. The van der Waals surface area contributed by atoms with Crippen molar-refractivity contribution in [3.05, 3.63) is 66.0 Å². The first-order chi connectivity index (χ1) is 9.18. The SMILES string of the molecule is CC(=O)c1cccc[n+]1CCC(=O)c1ccccc1.[Br-]. The first-order valence-electron chi connectivity index (χ1n) is 6.26. The Hall–Kier alpha value is -1.81. The van der Waals surface area contributed by atoms with Crippen LogP contribution in [-0.2, 0) is 6.54 Å². The fraction of sp³-hybridized carbons (Fsp3) is 0.188. The lowest BCUT2D eigenvalue weighted by atomic mass is 10.1. The molecule has 0 bridgehead atoms. The van der Waals surface area contributed by atoms with E-state index in [2.05, 4.69) is 0 Å². The first-order valence-corrected chi connectivity index (χ1v) is 6.26. The fourth-order valence-corrected chi connectivity index (χ4v) is 1.98. The summed E-state index contributed by atoms with van der Waals surface area (Å²) in [6, 6.07) is 14.7. The van der Waals surface area contributed by atoms with E-state index in [0.717, 1.165) is 0 Å². The van der Waals surface area contributed by atoms with Crippen LogP contribution in [-0.4, -0.2) is 11.6 Å². The molecular weight excluding hydrogens is 318 g/mol. The molecule has 0 aliphatic heterocycles. The average molecular weight is 334 g/mol. The van der Waals surface area contributed by atoms with Crippen molar-refractivity contribution in [3.8, 4) is 0 Å². The lowest BCUT2D eigenvalue weighted by Gasteiger charge is -2.01. The molecule has 0 radical (unpaired) electrons. The van der Waals surface area contributed by atoms with Crippen molar-refractivity contribution in [2.75, 3.05) is 0 Å². The monoisotopic (exact) mass is 333 g/mol. The summed E-state index contributed by atoms with van der Waals surface area (Å²) in [5.41, 5.74) is 1.34. The smallest absolute Gasteiger partial charge is 0.248 e. The summed E-state index contributed by atoms with van der Waals surface area (Å²) in [6.45, 7) is 2.05. The van der Waals surface area contributed by atoms with Crippen molar-refractivity contribution in [2.24, 2.45) is 0 Å². The summed E-state index contributed by atoms with van der Waals surface area (Å²) in [4.78, 5) is 23.5. The number of aryl methyl sites for hydroxylation is 1. The molecule has 1 aromatic heterocycles. The number of benzene rings is 1. The van der Waals surface area contributed by atoms with E-state index in [1.807, 2.05) is 53.2 Å². The van der Waals surface area contributed by atoms with Crippen LogP contribution in [0, 0.1) is 0 Å². The molecule has 4 heteroatoms. The van der Waals surface area contributed by atoms with Crippen LogP contribution in [0.1, 0.15) is 34.2 Å². The molecule has 104 valence electrons. The van der Waals surface area contributed by atoms with Crippen molar-refractivity contribution >= 4 is 11.6 Å². The Morgan fingerprint density at radius 1 is 1.00 bits per heavy atom. The Morgan fingerprint density at radius 2 is 1.65 bits per heavy atom. The lowest BCUT2D eigenvalue weighted by Crippen LogP contribution is -3.00. The van der Waals surface area contributed by atoms with E-state index in [4.69, 9.17) is 0 Å². The molecule has 0 aliphatic carbocycles. The number of ketones is 2. The van der Waals surface area contributed by atoms with E-state index >= 15 is 0 Å². The van der Waals surface area contributed by atoms with E-state index in [1.54, 1.807) is 6.07 Å². The van der Waals surface area contributed by atoms with Crippen molar-refractivity contribution in [3.63, 3.8) is 0 Å². The van der Waals surface area contributed by atoms with Gasteiger partial charge in [0.25, 0.3) is 0 Å². The number of hydrogen-bond donors (Lipinski definition) is 0. The summed E-state index contributed by atoms with van der Waals surface area (Å²) < 4.78 is 1.82. The molecule has 0 fully saturated rings. The molecule has 0 saturated carbocycles. The Morgan fingerprint density at radius 3 is 2.30 bits per heavy atom. The molecule has 2 aromatic rings. The van der Waals surface area contributed by atoms with Crippen LogP contribution in [0.15, 0.2) is 54.7 Å². The molecule has 0 amide bonds. The summed E-state index contributed by atoms with van der Waals surface area (Å²) in [5, 5.41) is 0. The van der Waals surface area contributed by atoms with Crippen LogP contribution in [0.3, 0.4) is 0 Å². The second-order valence-corrected chi connectivity index (χ2v) is 4.37. The Balaban J connectivity index is 0.00000200. The van der Waals surface area contributed by atoms with Gasteiger partial charge in [0.05, 0.1) is 6.42 Å². The van der Waals surface area contributed by atoms with Gasteiger partial charge in [-0.15, -0.1) is 0 Å². The number of carbonyl (C=O) groups excluding carboxylic acids is 2. The number of rotatable bonds is 5. The normalized spacial score (nSPS) is 9.65. The average Bonchev–Trinajstić information content (AvgIpc) is 2.46. The van der Waals surface area contributed by atoms with Gasteiger partial charge in [-0.1, -0.05) is 30.3 Å². The summed E-state index contributed by atoms with van der Waals surface area (Å²) in [6.07, 6.45) is 2.22. The highest BCUT2D eigenvalue weighted by molar-refractivity contribution is 5.95. The van der Waals surface area contributed by atoms with Gasteiger partial charge in [-0.2, -0.15) is 4.57 Å². The van der Waals surface area contributed by atoms with Crippen LogP contribution in [0.25, 0.3) is 0 Å². The molecular formula is C16H16BrNO2. The zero-order valence-electron chi connectivity index (χ0n) is 11.3. The second kappa shape index (κ2) is 7.70. The van der Waals surface area contributed by atoms with Crippen LogP contribution < -0.4 is 21.5 Å². The predicted molar refractivity (Wildman–Crippen MR) is 72.0 cm³/mol. The highest BCUT2D eigenvalue weighted by atomic mass is 79.9. The number of hydrogen-bond acceptors (Lipinski definition) is 2. The van der Waals surface area contributed by atoms with Gasteiger partial charge in [-0.3, -0.25) is 9.59 Å². The van der Waals surface area contributed by atoms with Gasteiger partial charge in [0, 0.05) is 24.6 Å². The van der Waals surface area contributed by atoms with Gasteiger partial charge < -0.3 is 17.0 Å².